The second kappa shape index (κ2) is 3.43. The van der Waals surface area contributed by atoms with Crippen molar-refractivity contribution >= 4 is 18.5 Å². The van der Waals surface area contributed by atoms with Crippen molar-refractivity contribution in [3.05, 3.63) is 12.4 Å². The normalized spacial score (nSPS) is 22.4. The lowest BCUT2D eigenvalue weighted by Crippen LogP contribution is -2.41. The number of nitrogen functional groups attached to an aromatic ring is 1. The van der Waals surface area contributed by atoms with Crippen molar-refractivity contribution in [2.75, 3.05) is 5.73 Å². The van der Waals surface area contributed by atoms with E-state index < -0.39 is 7.12 Å². The standard InChI is InChI=1S/C10H16BN3O2/c1-9(2)10(3,4)16-11(15-9)7-8(12)14-6-5-13-7/h5-6H,1-4H3,(H2,12,14). The summed E-state index contributed by atoms with van der Waals surface area (Å²) in [6.07, 6.45) is 3.13. The molecule has 1 saturated heterocycles. The molecule has 1 fully saturated rings. The van der Waals surface area contributed by atoms with Crippen molar-refractivity contribution in [2.24, 2.45) is 0 Å². The van der Waals surface area contributed by atoms with Crippen LogP contribution in [-0.4, -0.2) is 28.3 Å². The minimum Gasteiger partial charge on any atom is -0.398 e. The zero-order valence-electron chi connectivity index (χ0n) is 10.0. The Morgan fingerprint density at radius 2 is 1.56 bits per heavy atom. The summed E-state index contributed by atoms with van der Waals surface area (Å²) in [5.41, 5.74) is 5.51. The van der Waals surface area contributed by atoms with E-state index >= 15 is 0 Å². The maximum Gasteiger partial charge on any atom is 0.518 e. The van der Waals surface area contributed by atoms with E-state index in [0.717, 1.165) is 0 Å². The number of nitrogens with two attached hydrogens (primary N) is 1. The largest absolute Gasteiger partial charge is 0.518 e. The molecule has 1 aliphatic heterocycles. The van der Waals surface area contributed by atoms with Gasteiger partial charge in [0.25, 0.3) is 0 Å². The molecule has 0 aliphatic carbocycles. The number of hydrogen-bond acceptors (Lipinski definition) is 5. The van der Waals surface area contributed by atoms with Gasteiger partial charge < -0.3 is 15.0 Å². The molecule has 2 heterocycles. The molecule has 0 aromatic carbocycles. The third-order valence-corrected chi connectivity index (χ3v) is 3.23. The van der Waals surface area contributed by atoms with Crippen LogP contribution in [0.3, 0.4) is 0 Å². The Bertz CT molecular complexity index is 393. The van der Waals surface area contributed by atoms with E-state index in [4.69, 9.17) is 15.0 Å². The van der Waals surface area contributed by atoms with Gasteiger partial charge >= 0.3 is 7.12 Å². The van der Waals surface area contributed by atoms with Crippen molar-refractivity contribution in [1.82, 2.24) is 9.97 Å². The zero-order valence-corrected chi connectivity index (χ0v) is 10.0. The quantitative estimate of drug-likeness (QED) is 0.693. The SMILES string of the molecule is CC1(C)OB(c2nccnc2N)OC1(C)C. The van der Waals surface area contributed by atoms with E-state index in [-0.39, 0.29) is 11.2 Å². The summed E-state index contributed by atoms with van der Waals surface area (Å²) in [4.78, 5) is 8.13. The molecule has 5 nitrogen and oxygen atoms in total. The first-order valence-electron chi connectivity index (χ1n) is 5.25. The average molecular weight is 221 g/mol. The first-order valence-corrected chi connectivity index (χ1v) is 5.25. The third kappa shape index (κ3) is 1.68. The van der Waals surface area contributed by atoms with Crippen LogP contribution < -0.4 is 11.3 Å². The molecular formula is C10H16BN3O2. The Labute approximate surface area is 95.5 Å². The van der Waals surface area contributed by atoms with Gasteiger partial charge in [0.1, 0.15) is 11.4 Å². The lowest BCUT2D eigenvalue weighted by molar-refractivity contribution is 0.00578. The number of hydrogen-bond donors (Lipinski definition) is 1. The molecule has 6 heteroatoms. The summed E-state index contributed by atoms with van der Waals surface area (Å²) in [5.74, 6) is 0.348. The van der Waals surface area contributed by atoms with E-state index in [1.165, 1.54) is 0 Å². The van der Waals surface area contributed by atoms with Crippen LogP contribution in [0.5, 0.6) is 0 Å². The van der Waals surface area contributed by atoms with Gasteiger partial charge in [-0.1, -0.05) is 0 Å². The Morgan fingerprint density at radius 3 is 2.06 bits per heavy atom. The summed E-state index contributed by atoms with van der Waals surface area (Å²) >= 11 is 0. The van der Waals surface area contributed by atoms with E-state index in [0.29, 0.717) is 11.4 Å². The number of anilines is 1. The highest BCUT2D eigenvalue weighted by Crippen LogP contribution is 2.36. The van der Waals surface area contributed by atoms with E-state index in [2.05, 4.69) is 9.97 Å². The van der Waals surface area contributed by atoms with E-state index in [1.807, 2.05) is 27.7 Å². The van der Waals surface area contributed by atoms with Crippen LogP contribution >= 0.6 is 0 Å². The van der Waals surface area contributed by atoms with Crippen LogP contribution in [0.25, 0.3) is 0 Å². The molecule has 86 valence electrons. The molecule has 16 heavy (non-hydrogen) atoms. The highest BCUT2D eigenvalue weighted by Gasteiger charge is 2.53. The van der Waals surface area contributed by atoms with Gasteiger partial charge in [-0.25, -0.2) is 4.98 Å². The van der Waals surface area contributed by atoms with Crippen LogP contribution in [-0.2, 0) is 9.31 Å². The van der Waals surface area contributed by atoms with Crippen LogP contribution in [0, 0.1) is 0 Å². The van der Waals surface area contributed by atoms with E-state index in [9.17, 15) is 0 Å². The Hall–Kier alpha value is -1.14. The van der Waals surface area contributed by atoms with Crippen LogP contribution in [0.2, 0.25) is 0 Å². The molecule has 1 aliphatic rings. The van der Waals surface area contributed by atoms with Crippen LogP contribution in [0.4, 0.5) is 5.82 Å². The van der Waals surface area contributed by atoms with Crippen molar-refractivity contribution in [3.8, 4) is 0 Å². The van der Waals surface area contributed by atoms with Gasteiger partial charge in [-0.15, -0.1) is 0 Å². The van der Waals surface area contributed by atoms with Gasteiger partial charge in [0.2, 0.25) is 0 Å². The summed E-state index contributed by atoms with van der Waals surface area (Å²) in [7, 11) is -0.543. The molecule has 0 saturated carbocycles. The molecule has 1 aromatic heterocycles. The number of aromatic nitrogens is 2. The Morgan fingerprint density at radius 1 is 1.06 bits per heavy atom. The lowest BCUT2D eigenvalue weighted by Gasteiger charge is -2.32. The number of rotatable bonds is 1. The molecule has 0 radical (unpaired) electrons. The highest BCUT2D eigenvalue weighted by molar-refractivity contribution is 6.62. The second-order valence-electron chi connectivity index (χ2n) is 4.92. The first-order chi connectivity index (χ1) is 7.33. The minimum absolute atomic E-state index is 0.348. The molecule has 2 rings (SSSR count). The predicted molar refractivity (Wildman–Crippen MR) is 62.2 cm³/mol. The Balaban J connectivity index is 2.31. The zero-order chi connectivity index (χ0) is 12.0. The summed E-state index contributed by atoms with van der Waals surface area (Å²) in [5, 5.41) is 0. The van der Waals surface area contributed by atoms with Crippen molar-refractivity contribution in [1.29, 1.82) is 0 Å². The number of nitrogens with zero attached hydrogens (tertiary/aromatic N) is 2. The summed E-state index contributed by atoms with van der Waals surface area (Å²) in [6.45, 7) is 7.94. The van der Waals surface area contributed by atoms with Gasteiger partial charge in [-0.3, -0.25) is 4.98 Å². The Kier molecular flexibility index (Phi) is 2.43. The highest BCUT2D eigenvalue weighted by atomic mass is 16.7. The topological polar surface area (TPSA) is 70.3 Å². The lowest BCUT2D eigenvalue weighted by atomic mass is 9.84. The van der Waals surface area contributed by atoms with Crippen LogP contribution in [0.15, 0.2) is 12.4 Å². The van der Waals surface area contributed by atoms with Gasteiger partial charge in [0.15, 0.2) is 0 Å². The first kappa shape index (κ1) is 11.4. The van der Waals surface area contributed by atoms with Crippen LogP contribution in [0.1, 0.15) is 27.7 Å². The van der Waals surface area contributed by atoms with Crippen molar-refractivity contribution in [2.45, 2.75) is 38.9 Å². The fourth-order valence-corrected chi connectivity index (χ4v) is 1.50. The monoisotopic (exact) mass is 221 g/mol. The van der Waals surface area contributed by atoms with Gasteiger partial charge in [0, 0.05) is 12.4 Å². The average Bonchev–Trinajstić information content (AvgIpc) is 2.36. The van der Waals surface area contributed by atoms with Crippen molar-refractivity contribution < 1.29 is 9.31 Å². The molecular weight excluding hydrogens is 205 g/mol. The van der Waals surface area contributed by atoms with Gasteiger partial charge in [-0.05, 0) is 27.7 Å². The predicted octanol–water partition coefficient (Wildman–Crippen LogP) is 0.358. The molecule has 0 atom stereocenters. The molecule has 0 bridgehead atoms. The van der Waals surface area contributed by atoms with Gasteiger partial charge in [-0.2, -0.15) is 0 Å². The maximum atomic E-state index is 5.83. The molecule has 1 aromatic rings. The smallest absolute Gasteiger partial charge is 0.398 e. The molecule has 0 spiro atoms. The summed E-state index contributed by atoms with van der Waals surface area (Å²) < 4.78 is 11.7. The third-order valence-electron chi connectivity index (χ3n) is 3.23. The fourth-order valence-electron chi connectivity index (χ4n) is 1.50. The fraction of sp³-hybridized carbons (Fsp3) is 0.600. The van der Waals surface area contributed by atoms with Gasteiger partial charge in [0.05, 0.1) is 11.2 Å². The second-order valence-corrected chi connectivity index (χ2v) is 4.92. The van der Waals surface area contributed by atoms with E-state index in [1.54, 1.807) is 12.4 Å². The maximum absolute atomic E-state index is 5.83. The molecule has 0 unspecified atom stereocenters. The minimum atomic E-state index is -0.543. The summed E-state index contributed by atoms with van der Waals surface area (Å²) in [6, 6.07) is 0. The molecule has 0 amide bonds. The van der Waals surface area contributed by atoms with Crippen molar-refractivity contribution in [3.63, 3.8) is 0 Å². The molecule has 2 N–H and O–H groups in total.